The van der Waals surface area contributed by atoms with E-state index in [2.05, 4.69) is 25.2 Å². The van der Waals surface area contributed by atoms with Gasteiger partial charge < -0.3 is 15.2 Å². The molecular weight excluding hydrogens is 226 g/mol. The second-order valence-corrected chi connectivity index (χ2v) is 4.97. The SMILES string of the molecule is CCNC(C)c1ccccc1OC1CCCC1O. The van der Waals surface area contributed by atoms with E-state index < -0.39 is 0 Å². The maximum atomic E-state index is 9.84. The second kappa shape index (κ2) is 6.21. The molecule has 2 rings (SSSR count). The first-order valence-electron chi connectivity index (χ1n) is 6.89. The number of aliphatic hydroxyl groups is 1. The van der Waals surface area contributed by atoms with Gasteiger partial charge in [0.1, 0.15) is 11.9 Å². The number of hydrogen-bond donors (Lipinski definition) is 2. The fourth-order valence-electron chi connectivity index (χ4n) is 2.57. The van der Waals surface area contributed by atoms with Crippen molar-refractivity contribution in [1.29, 1.82) is 0 Å². The van der Waals surface area contributed by atoms with Gasteiger partial charge in [0.05, 0.1) is 6.10 Å². The molecule has 1 aromatic rings. The normalized spacial score (nSPS) is 25.1. The molecule has 0 bridgehead atoms. The van der Waals surface area contributed by atoms with Gasteiger partial charge >= 0.3 is 0 Å². The molecule has 0 aliphatic heterocycles. The number of hydrogen-bond acceptors (Lipinski definition) is 3. The van der Waals surface area contributed by atoms with Crippen LogP contribution in [0.25, 0.3) is 0 Å². The monoisotopic (exact) mass is 249 g/mol. The van der Waals surface area contributed by atoms with Gasteiger partial charge in [0.15, 0.2) is 0 Å². The highest BCUT2D eigenvalue weighted by molar-refractivity contribution is 5.36. The average molecular weight is 249 g/mol. The molecule has 3 atom stereocenters. The van der Waals surface area contributed by atoms with Gasteiger partial charge in [0.25, 0.3) is 0 Å². The van der Waals surface area contributed by atoms with Crippen LogP contribution in [-0.2, 0) is 0 Å². The molecule has 1 aliphatic rings. The Bertz CT molecular complexity index is 381. The van der Waals surface area contributed by atoms with Crippen molar-refractivity contribution >= 4 is 0 Å². The van der Waals surface area contributed by atoms with Crippen LogP contribution in [0.1, 0.15) is 44.7 Å². The number of benzene rings is 1. The van der Waals surface area contributed by atoms with Gasteiger partial charge in [-0.1, -0.05) is 25.1 Å². The van der Waals surface area contributed by atoms with Gasteiger partial charge in [0, 0.05) is 11.6 Å². The van der Waals surface area contributed by atoms with E-state index in [9.17, 15) is 5.11 Å². The molecule has 3 nitrogen and oxygen atoms in total. The minimum atomic E-state index is -0.313. The average Bonchev–Trinajstić information content (AvgIpc) is 2.76. The quantitative estimate of drug-likeness (QED) is 0.843. The topological polar surface area (TPSA) is 41.5 Å². The van der Waals surface area contributed by atoms with Crippen molar-refractivity contribution in [1.82, 2.24) is 5.32 Å². The van der Waals surface area contributed by atoms with E-state index in [0.29, 0.717) is 0 Å². The minimum Gasteiger partial charge on any atom is -0.487 e. The number of rotatable bonds is 5. The zero-order valence-corrected chi connectivity index (χ0v) is 11.2. The molecule has 0 radical (unpaired) electrons. The van der Waals surface area contributed by atoms with Crippen molar-refractivity contribution in [3.8, 4) is 5.75 Å². The fourth-order valence-corrected chi connectivity index (χ4v) is 2.57. The number of nitrogens with one attached hydrogen (secondary N) is 1. The first-order chi connectivity index (χ1) is 8.72. The third kappa shape index (κ3) is 3.03. The molecular formula is C15H23NO2. The molecule has 1 aliphatic carbocycles. The van der Waals surface area contributed by atoms with Crippen LogP contribution in [0.4, 0.5) is 0 Å². The standard InChI is InChI=1S/C15H23NO2/c1-3-16-11(2)12-7-4-5-9-14(12)18-15-10-6-8-13(15)17/h4-5,7,9,11,13,15-17H,3,6,8,10H2,1-2H3. The highest BCUT2D eigenvalue weighted by atomic mass is 16.5. The van der Waals surface area contributed by atoms with Gasteiger partial charge in [-0.2, -0.15) is 0 Å². The minimum absolute atomic E-state index is 0.0417. The van der Waals surface area contributed by atoms with E-state index in [1.807, 2.05) is 18.2 Å². The predicted octanol–water partition coefficient (Wildman–Crippen LogP) is 2.65. The summed E-state index contributed by atoms with van der Waals surface area (Å²) in [4.78, 5) is 0. The first kappa shape index (κ1) is 13.4. The van der Waals surface area contributed by atoms with Gasteiger partial charge in [-0.15, -0.1) is 0 Å². The summed E-state index contributed by atoms with van der Waals surface area (Å²) in [5, 5.41) is 13.2. The van der Waals surface area contributed by atoms with E-state index in [1.54, 1.807) is 0 Å². The Morgan fingerprint density at radius 1 is 1.39 bits per heavy atom. The maximum Gasteiger partial charge on any atom is 0.124 e. The second-order valence-electron chi connectivity index (χ2n) is 4.97. The van der Waals surface area contributed by atoms with Crippen molar-refractivity contribution in [2.24, 2.45) is 0 Å². The molecule has 3 heteroatoms. The van der Waals surface area contributed by atoms with Gasteiger partial charge in [0.2, 0.25) is 0 Å². The van der Waals surface area contributed by atoms with Gasteiger partial charge in [-0.25, -0.2) is 0 Å². The van der Waals surface area contributed by atoms with E-state index in [0.717, 1.165) is 31.6 Å². The van der Waals surface area contributed by atoms with Crippen LogP contribution < -0.4 is 10.1 Å². The predicted molar refractivity (Wildman–Crippen MR) is 72.8 cm³/mol. The third-order valence-corrected chi connectivity index (χ3v) is 3.59. The maximum absolute atomic E-state index is 9.84. The molecule has 100 valence electrons. The van der Waals surface area contributed by atoms with E-state index in [1.165, 1.54) is 5.56 Å². The van der Waals surface area contributed by atoms with Crippen LogP contribution >= 0.6 is 0 Å². The summed E-state index contributed by atoms with van der Waals surface area (Å²) in [6, 6.07) is 8.36. The molecule has 0 spiro atoms. The van der Waals surface area contributed by atoms with E-state index in [-0.39, 0.29) is 18.2 Å². The van der Waals surface area contributed by atoms with Crippen molar-refractivity contribution in [3.63, 3.8) is 0 Å². The lowest BCUT2D eigenvalue weighted by Crippen LogP contribution is -2.27. The lowest BCUT2D eigenvalue weighted by Gasteiger charge is -2.22. The molecule has 0 saturated heterocycles. The van der Waals surface area contributed by atoms with E-state index in [4.69, 9.17) is 4.74 Å². The summed E-state index contributed by atoms with van der Waals surface area (Å²) in [5.74, 6) is 0.900. The number of para-hydroxylation sites is 1. The zero-order valence-electron chi connectivity index (χ0n) is 11.2. The zero-order chi connectivity index (χ0) is 13.0. The van der Waals surface area contributed by atoms with Gasteiger partial charge in [-0.3, -0.25) is 0 Å². The lowest BCUT2D eigenvalue weighted by molar-refractivity contribution is 0.0595. The molecule has 1 fully saturated rings. The van der Waals surface area contributed by atoms with Crippen LogP contribution in [0.3, 0.4) is 0 Å². The summed E-state index contributed by atoms with van der Waals surface area (Å²) >= 11 is 0. The summed E-state index contributed by atoms with van der Waals surface area (Å²) in [5.41, 5.74) is 1.17. The Balaban J connectivity index is 2.11. The number of ether oxygens (including phenoxy) is 1. The smallest absolute Gasteiger partial charge is 0.124 e. The molecule has 0 amide bonds. The third-order valence-electron chi connectivity index (χ3n) is 3.59. The fraction of sp³-hybridized carbons (Fsp3) is 0.600. The molecule has 0 aromatic heterocycles. The van der Waals surface area contributed by atoms with Crippen LogP contribution in [0, 0.1) is 0 Å². The Morgan fingerprint density at radius 3 is 2.83 bits per heavy atom. The van der Waals surface area contributed by atoms with Crippen LogP contribution in [0.15, 0.2) is 24.3 Å². The Morgan fingerprint density at radius 2 is 2.17 bits per heavy atom. The molecule has 2 N–H and O–H groups in total. The summed E-state index contributed by atoms with van der Waals surface area (Å²) in [6.45, 7) is 5.17. The Kier molecular flexibility index (Phi) is 4.61. The van der Waals surface area contributed by atoms with Crippen molar-refractivity contribution in [2.45, 2.75) is 51.4 Å². The molecule has 3 unspecified atom stereocenters. The van der Waals surface area contributed by atoms with E-state index >= 15 is 0 Å². The van der Waals surface area contributed by atoms with Crippen LogP contribution in [-0.4, -0.2) is 23.9 Å². The Hall–Kier alpha value is -1.06. The van der Waals surface area contributed by atoms with Crippen LogP contribution in [0.2, 0.25) is 0 Å². The first-order valence-corrected chi connectivity index (χ1v) is 6.89. The molecule has 0 heterocycles. The highest BCUT2D eigenvalue weighted by Gasteiger charge is 2.27. The lowest BCUT2D eigenvalue weighted by atomic mass is 10.1. The highest BCUT2D eigenvalue weighted by Crippen LogP contribution is 2.30. The summed E-state index contributed by atoms with van der Waals surface area (Å²) in [6.07, 6.45) is 2.50. The molecule has 1 aromatic carbocycles. The van der Waals surface area contributed by atoms with Crippen LogP contribution in [0.5, 0.6) is 5.75 Å². The van der Waals surface area contributed by atoms with Crippen molar-refractivity contribution < 1.29 is 9.84 Å². The Labute approximate surface area is 109 Å². The largest absolute Gasteiger partial charge is 0.487 e. The van der Waals surface area contributed by atoms with Crippen molar-refractivity contribution in [3.05, 3.63) is 29.8 Å². The van der Waals surface area contributed by atoms with Gasteiger partial charge in [-0.05, 0) is 38.8 Å². The number of aliphatic hydroxyl groups excluding tert-OH is 1. The molecule has 1 saturated carbocycles. The molecule has 18 heavy (non-hydrogen) atoms. The summed E-state index contributed by atoms with van der Waals surface area (Å²) in [7, 11) is 0. The summed E-state index contributed by atoms with van der Waals surface area (Å²) < 4.78 is 6.00. The van der Waals surface area contributed by atoms with Crippen molar-refractivity contribution in [2.75, 3.05) is 6.54 Å².